The third-order valence-electron chi connectivity index (χ3n) is 2.24. The van der Waals surface area contributed by atoms with E-state index in [1.807, 2.05) is 0 Å². The van der Waals surface area contributed by atoms with Crippen LogP contribution in [-0.4, -0.2) is 16.1 Å². The molecule has 1 aromatic heterocycles. The fourth-order valence-electron chi connectivity index (χ4n) is 1.40. The lowest BCUT2D eigenvalue weighted by molar-refractivity contribution is -0.138. The molecule has 1 heterocycles. The van der Waals surface area contributed by atoms with Crippen LogP contribution >= 0.6 is 0 Å². The van der Waals surface area contributed by atoms with Crippen molar-refractivity contribution in [2.75, 3.05) is 0 Å². The molecular weight excluding hydrogens is 173 g/mol. The van der Waals surface area contributed by atoms with Gasteiger partial charge in [-0.3, -0.25) is 9.78 Å². The van der Waals surface area contributed by atoms with Crippen molar-refractivity contribution in [1.29, 1.82) is 0 Å². The van der Waals surface area contributed by atoms with Gasteiger partial charge in [0.05, 0.1) is 12.1 Å². The second-order valence-corrected chi connectivity index (χ2v) is 3.19. The fraction of sp³-hybridized carbons (Fsp3) is 0.333. The Morgan fingerprint density at radius 3 is 2.85 bits per heavy atom. The molecule has 0 aromatic carbocycles. The topological polar surface area (TPSA) is 50.2 Å². The SMILES string of the molecule is O=C(O)[C@H]1CC1c1ccc(F)cn1. The summed E-state index contributed by atoms with van der Waals surface area (Å²) in [5.41, 5.74) is 0.675. The van der Waals surface area contributed by atoms with Crippen LogP contribution in [0, 0.1) is 11.7 Å². The smallest absolute Gasteiger partial charge is 0.307 e. The molecule has 0 saturated heterocycles. The molecule has 4 heteroatoms. The summed E-state index contributed by atoms with van der Waals surface area (Å²) in [6, 6.07) is 2.85. The fourth-order valence-corrected chi connectivity index (χ4v) is 1.40. The van der Waals surface area contributed by atoms with Gasteiger partial charge >= 0.3 is 5.97 Å². The van der Waals surface area contributed by atoms with Gasteiger partial charge in [-0.15, -0.1) is 0 Å². The van der Waals surface area contributed by atoms with E-state index in [4.69, 9.17) is 5.11 Å². The Labute approximate surface area is 74.2 Å². The lowest BCUT2D eigenvalue weighted by Gasteiger charge is -1.95. The average molecular weight is 181 g/mol. The van der Waals surface area contributed by atoms with Gasteiger partial charge in [0, 0.05) is 11.6 Å². The molecule has 1 saturated carbocycles. The van der Waals surface area contributed by atoms with Crippen LogP contribution in [0.3, 0.4) is 0 Å². The molecule has 0 radical (unpaired) electrons. The quantitative estimate of drug-likeness (QED) is 0.750. The first-order valence-electron chi connectivity index (χ1n) is 4.03. The normalized spacial score (nSPS) is 25.6. The Hall–Kier alpha value is -1.45. The first-order chi connectivity index (χ1) is 6.18. The largest absolute Gasteiger partial charge is 0.481 e. The van der Waals surface area contributed by atoms with Crippen LogP contribution in [0.4, 0.5) is 4.39 Å². The van der Waals surface area contributed by atoms with Crippen molar-refractivity contribution in [3.63, 3.8) is 0 Å². The number of hydrogen-bond donors (Lipinski definition) is 1. The highest BCUT2D eigenvalue weighted by Gasteiger charge is 2.45. The summed E-state index contributed by atoms with van der Waals surface area (Å²) in [7, 11) is 0. The van der Waals surface area contributed by atoms with Crippen molar-refractivity contribution < 1.29 is 14.3 Å². The number of nitrogens with zero attached hydrogens (tertiary/aromatic N) is 1. The minimum Gasteiger partial charge on any atom is -0.481 e. The molecule has 0 spiro atoms. The van der Waals surface area contributed by atoms with Gasteiger partial charge in [-0.1, -0.05) is 0 Å². The molecule has 2 atom stereocenters. The van der Waals surface area contributed by atoms with Gasteiger partial charge in [-0.05, 0) is 18.6 Å². The Kier molecular flexibility index (Phi) is 1.76. The number of hydrogen-bond acceptors (Lipinski definition) is 2. The number of carboxylic acid groups (broad SMARTS) is 1. The van der Waals surface area contributed by atoms with Crippen LogP contribution in [0.2, 0.25) is 0 Å². The molecule has 2 rings (SSSR count). The van der Waals surface area contributed by atoms with E-state index in [1.165, 1.54) is 6.07 Å². The van der Waals surface area contributed by atoms with Crippen molar-refractivity contribution in [1.82, 2.24) is 4.98 Å². The number of pyridine rings is 1. The summed E-state index contributed by atoms with van der Waals surface area (Å²) < 4.78 is 12.4. The molecule has 68 valence electrons. The lowest BCUT2D eigenvalue weighted by atomic mass is 10.2. The van der Waals surface area contributed by atoms with E-state index in [0.29, 0.717) is 12.1 Å². The Bertz CT molecular complexity index is 336. The molecule has 3 nitrogen and oxygen atoms in total. The molecule has 1 aliphatic carbocycles. The zero-order valence-corrected chi connectivity index (χ0v) is 6.77. The third-order valence-corrected chi connectivity index (χ3v) is 2.24. The second kappa shape index (κ2) is 2.80. The van der Waals surface area contributed by atoms with Crippen LogP contribution in [0.1, 0.15) is 18.0 Å². The van der Waals surface area contributed by atoms with Crippen LogP contribution < -0.4 is 0 Å². The number of carbonyl (C=O) groups is 1. The summed E-state index contributed by atoms with van der Waals surface area (Å²) in [5, 5.41) is 8.64. The van der Waals surface area contributed by atoms with Crippen molar-refractivity contribution in [3.05, 3.63) is 29.8 Å². The second-order valence-electron chi connectivity index (χ2n) is 3.19. The highest BCUT2D eigenvalue weighted by atomic mass is 19.1. The number of carboxylic acids is 1. The minimum atomic E-state index is -0.795. The standard InChI is InChI=1S/C9H8FNO2/c10-5-1-2-8(11-4-5)6-3-7(6)9(12)13/h1-2,4,6-7H,3H2,(H,12,13)/t6?,7-/m0/s1. The van der Waals surface area contributed by atoms with E-state index in [2.05, 4.69) is 4.98 Å². The Morgan fingerprint density at radius 2 is 2.38 bits per heavy atom. The maximum Gasteiger partial charge on any atom is 0.307 e. The molecule has 0 aliphatic heterocycles. The van der Waals surface area contributed by atoms with Crippen molar-refractivity contribution in [2.45, 2.75) is 12.3 Å². The molecule has 1 aliphatic rings. The number of rotatable bonds is 2. The molecule has 13 heavy (non-hydrogen) atoms. The maximum atomic E-state index is 12.4. The van der Waals surface area contributed by atoms with Crippen LogP contribution in [0.15, 0.2) is 18.3 Å². The van der Waals surface area contributed by atoms with Crippen molar-refractivity contribution in [3.8, 4) is 0 Å². The van der Waals surface area contributed by atoms with Crippen molar-refractivity contribution in [2.24, 2.45) is 5.92 Å². The summed E-state index contributed by atoms with van der Waals surface area (Å²) in [4.78, 5) is 14.3. The summed E-state index contributed by atoms with van der Waals surface area (Å²) >= 11 is 0. The van der Waals surface area contributed by atoms with Gasteiger partial charge in [-0.25, -0.2) is 4.39 Å². The van der Waals surface area contributed by atoms with Crippen LogP contribution in [0.25, 0.3) is 0 Å². The number of aromatic nitrogens is 1. The predicted octanol–water partition coefficient (Wildman–Crippen LogP) is 1.41. The summed E-state index contributed by atoms with van der Waals surface area (Å²) in [6.07, 6.45) is 1.74. The maximum absolute atomic E-state index is 12.4. The molecule has 0 amide bonds. The minimum absolute atomic E-state index is 0.0156. The van der Waals surface area contributed by atoms with Gasteiger partial charge in [0.15, 0.2) is 0 Å². The molecule has 1 aromatic rings. The molecule has 1 fully saturated rings. The molecule has 1 N–H and O–H groups in total. The molecular formula is C9H8FNO2. The van der Waals surface area contributed by atoms with E-state index >= 15 is 0 Å². The summed E-state index contributed by atoms with van der Waals surface area (Å²) in [5.74, 6) is -1.52. The molecule has 0 bridgehead atoms. The number of halogens is 1. The first kappa shape index (κ1) is 8.16. The number of aliphatic carboxylic acids is 1. The zero-order chi connectivity index (χ0) is 9.42. The van der Waals surface area contributed by atoms with Crippen molar-refractivity contribution >= 4 is 5.97 Å². The van der Waals surface area contributed by atoms with Gasteiger partial charge in [-0.2, -0.15) is 0 Å². The van der Waals surface area contributed by atoms with Crippen LogP contribution in [0.5, 0.6) is 0 Å². The van der Waals surface area contributed by atoms with Gasteiger partial charge < -0.3 is 5.11 Å². The molecule has 1 unspecified atom stereocenters. The Balaban J connectivity index is 2.12. The van der Waals surface area contributed by atoms with E-state index in [9.17, 15) is 9.18 Å². The first-order valence-corrected chi connectivity index (χ1v) is 4.03. The zero-order valence-electron chi connectivity index (χ0n) is 6.77. The summed E-state index contributed by atoms with van der Waals surface area (Å²) in [6.45, 7) is 0. The third kappa shape index (κ3) is 1.52. The van der Waals surface area contributed by atoms with Gasteiger partial charge in [0.25, 0.3) is 0 Å². The van der Waals surface area contributed by atoms with E-state index in [1.54, 1.807) is 6.07 Å². The van der Waals surface area contributed by atoms with Crippen LogP contribution in [-0.2, 0) is 4.79 Å². The average Bonchev–Trinajstić information content (AvgIpc) is 2.85. The van der Waals surface area contributed by atoms with E-state index in [0.717, 1.165) is 6.20 Å². The van der Waals surface area contributed by atoms with Gasteiger partial charge in [0.2, 0.25) is 0 Å². The predicted molar refractivity (Wildman–Crippen MR) is 42.7 cm³/mol. The van der Waals surface area contributed by atoms with E-state index in [-0.39, 0.29) is 11.8 Å². The lowest BCUT2D eigenvalue weighted by Crippen LogP contribution is -1.99. The monoisotopic (exact) mass is 181 g/mol. The van der Waals surface area contributed by atoms with Gasteiger partial charge in [0.1, 0.15) is 5.82 Å². The highest BCUT2D eigenvalue weighted by molar-refractivity contribution is 5.75. The van der Waals surface area contributed by atoms with E-state index < -0.39 is 11.8 Å². The highest BCUT2D eigenvalue weighted by Crippen LogP contribution is 2.46. The Morgan fingerprint density at radius 1 is 1.62 bits per heavy atom.